The maximum Gasteiger partial charge on any atom is 0.305 e. The van der Waals surface area contributed by atoms with Crippen molar-refractivity contribution in [1.29, 1.82) is 0 Å². The topological polar surface area (TPSA) is 26.3 Å². The zero-order valence-corrected chi connectivity index (χ0v) is 36.6. The van der Waals surface area contributed by atoms with Gasteiger partial charge >= 0.3 is 5.97 Å². The summed E-state index contributed by atoms with van der Waals surface area (Å²) in [5.41, 5.74) is 0. The van der Waals surface area contributed by atoms with Gasteiger partial charge in [-0.1, -0.05) is 290 Å². The molecule has 0 aromatic carbocycles. The minimum absolute atomic E-state index is 0.0342. The molecule has 0 unspecified atom stereocenters. The van der Waals surface area contributed by atoms with Crippen LogP contribution in [0.15, 0.2) is 0 Å². The first-order valence-corrected chi connectivity index (χ1v) is 25.0. The molecule has 0 rings (SSSR count). The van der Waals surface area contributed by atoms with Crippen LogP contribution in [0.4, 0.5) is 0 Å². The van der Waals surface area contributed by atoms with E-state index >= 15 is 0 Å². The van der Waals surface area contributed by atoms with Crippen LogP contribution in [-0.4, -0.2) is 12.6 Å². The maximum atomic E-state index is 12.1. The normalized spacial score (nSPS) is 11.5. The van der Waals surface area contributed by atoms with Crippen molar-refractivity contribution in [2.45, 2.75) is 309 Å². The highest BCUT2D eigenvalue weighted by atomic mass is 16.5. The van der Waals surface area contributed by atoms with Crippen molar-refractivity contribution in [2.24, 2.45) is 0 Å². The van der Waals surface area contributed by atoms with Crippen LogP contribution in [0.25, 0.3) is 0 Å². The fourth-order valence-corrected chi connectivity index (χ4v) is 8.02. The van der Waals surface area contributed by atoms with Crippen LogP contribution < -0.4 is 0 Å². The third kappa shape index (κ3) is 47.5. The van der Waals surface area contributed by atoms with Crippen LogP contribution in [-0.2, 0) is 9.53 Å². The van der Waals surface area contributed by atoms with Crippen molar-refractivity contribution in [3.63, 3.8) is 0 Å². The molecule has 0 aliphatic rings. The van der Waals surface area contributed by atoms with Crippen LogP contribution >= 0.6 is 0 Å². The van der Waals surface area contributed by atoms with E-state index in [9.17, 15) is 4.79 Å². The van der Waals surface area contributed by atoms with E-state index in [1.165, 1.54) is 276 Å². The number of carbonyl (C=O) groups is 1. The van der Waals surface area contributed by atoms with Crippen LogP contribution in [0.1, 0.15) is 309 Å². The number of carbonyl (C=O) groups excluding carboxylic acids is 1. The van der Waals surface area contributed by atoms with Gasteiger partial charge in [0.15, 0.2) is 0 Å². The van der Waals surface area contributed by atoms with Gasteiger partial charge in [-0.2, -0.15) is 0 Å². The first-order chi connectivity index (χ1) is 25.8. The number of unbranched alkanes of at least 4 members (excludes halogenated alkanes) is 43. The van der Waals surface area contributed by atoms with Crippen LogP contribution in [0.2, 0.25) is 0 Å². The Bertz CT molecular complexity index is 630. The minimum atomic E-state index is 0.0342. The van der Waals surface area contributed by atoms with Crippen molar-refractivity contribution in [3.05, 3.63) is 0 Å². The Hall–Kier alpha value is -0.530. The number of hydrogen-bond acceptors (Lipinski definition) is 2. The molecule has 0 amide bonds. The van der Waals surface area contributed by atoms with Crippen molar-refractivity contribution in [1.82, 2.24) is 0 Å². The minimum Gasteiger partial charge on any atom is -0.466 e. The van der Waals surface area contributed by atoms with Crippen LogP contribution in [0.5, 0.6) is 0 Å². The van der Waals surface area contributed by atoms with Gasteiger partial charge in [-0.15, -0.1) is 0 Å². The molecule has 0 saturated heterocycles. The summed E-state index contributed by atoms with van der Waals surface area (Å²) in [5, 5.41) is 0. The number of hydrogen-bond donors (Lipinski definition) is 0. The van der Waals surface area contributed by atoms with E-state index < -0.39 is 0 Å². The molecule has 0 aliphatic carbocycles. The Morgan fingerprint density at radius 3 is 0.635 bits per heavy atom. The van der Waals surface area contributed by atoms with Gasteiger partial charge in [0.25, 0.3) is 0 Å². The first kappa shape index (κ1) is 51.5. The molecule has 0 heterocycles. The van der Waals surface area contributed by atoms with Gasteiger partial charge in [0.2, 0.25) is 0 Å². The summed E-state index contributed by atoms with van der Waals surface area (Å²) in [5.74, 6) is 0.0342. The second kappa shape index (κ2) is 48.5. The predicted molar refractivity (Wildman–Crippen MR) is 235 cm³/mol. The lowest BCUT2D eigenvalue weighted by Crippen LogP contribution is -2.05. The van der Waals surface area contributed by atoms with E-state index in [-0.39, 0.29) is 5.97 Å². The molecule has 0 atom stereocenters. The van der Waals surface area contributed by atoms with Gasteiger partial charge in [0.1, 0.15) is 0 Å². The van der Waals surface area contributed by atoms with E-state index in [1.54, 1.807) is 0 Å². The third-order valence-corrected chi connectivity index (χ3v) is 11.7. The highest BCUT2D eigenvalue weighted by Crippen LogP contribution is 2.17. The molecule has 0 radical (unpaired) electrons. The Labute approximate surface area is 330 Å². The Morgan fingerprint density at radius 1 is 0.250 bits per heavy atom. The van der Waals surface area contributed by atoms with Gasteiger partial charge < -0.3 is 4.74 Å². The predicted octanol–water partition coefficient (Wildman–Crippen LogP) is 18.5. The lowest BCUT2D eigenvalue weighted by Gasteiger charge is -2.06. The van der Waals surface area contributed by atoms with E-state index in [2.05, 4.69) is 13.8 Å². The maximum absolute atomic E-state index is 12.1. The van der Waals surface area contributed by atoms with E-state index in [4.69, 9.17) is 4.74 Å². The molecule has 0 aromatic rings. The molecular weight excluding hydrogens is 633 g/mol. The van der Waals surface area contributed by atoms with Crippen molar-refractivity contribution < 1.29 is 9.53 Å². The fraction of sp³-hybridized carbons (Fsp3) is 0.980. The molecule has 312 valence electrons. The van der Waals surface area contributed by atoms with Crippen molar-refractivity contribution in [3.8, 4) is 0 Å². The molecule has 0 aliphatic heterocycles. The summed E-state index contributed by atoms with van der Waals surface area (Å²) < 4.78 is 5.50. The summed E-state index contributed by atoms with van der Waals surface area (Å²) in [6.07, 6.45) is 63.8. The highest BCUT2D eigenvalue weighted by Gasteiger charge is 2.03. The number of ether oxygens (including phenoxy) is 1. The SMILES string of the molecule is CCCCCCCCCCCCCCCCCCCCCCCCCOC(=O)CCCCCCCCCCCCCCCCCCCCCCCC. The second-order valence-corrected chi connectivity index (χ2v) is 17.2. The lowest BCUT2D eigenvalue weighted by molar-refractivity contribution is -0.143. The summed E-state index contributed by atoms with van der Waals surface area (Å²) in [4.78, 5) is 12.1. The van der Waals surface area contributed by atoms with Gasteiger partial charge in [0, 0.05) is 6.42 Å². The molecule has 2 nitrogen and oxygen atoms in total. The Kier molecular flexibility index (Phi) is 48.0. The molecule has 2 heteroatoms. The monoisotopic (exact) mass is 733 g/mol. The third-order valence-electron chi connectivity index (χ3n) is 11.7. The number of esters is 1. The first-order valence-electron chi connectivity index (χ1n) is 25.0. The summed E-state index contributed by atoms with van der Waals surface area (Å²) in [6.45, 7) is 5.24. The van der Waals surface area contributed by atoms with Crippen molar-refractivity contribution >= 4 is 5.97 Å². The van der Waals surface area contributed by atoms with E-state index in [0.717, 1.165) is 12.8 Å². The molecule has 0 N–H and O–H groups in total. The summed E-state index contributed by atoms with van der Waals surface area (Å²) in [7, 11) is 0. The molecule has 52 heavy (non-hydrogen) atoms. The lowest BCUT2D eigenvalue weighted by atomic mass is 10.0. The fourth-order valence-electron chi connectivity index (χ4n) is 8.02. The largest absolute Gasteiger partial charge is 0.466 e. The molecule has 0 bridgehead atoms. The molecular formula is C50H100O2. The van der Waals surface area contributed by atoms with Gasteiger partial charge in [-0.25, -0.2) is 0 Å². The summed E-state index contributed by atoms with van der Waals surface area (Å²) >= 11 is 0. The zero-order chi connectivity index (χ0) is 37.5. The Balaban J connectivity index is 3.14. The quantitative estimate of drug-likeness (QED) is 0.0460. The van der Waals surface area contributed by atoms with Gasteiger partial charge in [0.05, 0.1) is 6.61 Å². The zero-order valence-electron chi connectivity index (χ0n) is 36.6. The smallest absolute Gasteiger partial charge is 0.305 e. The van der Waals surface area contributed by atoms with Crippen LogP contribution in [0, 0.1) is 0 Å². The Morgan fingerprint density at radius 2 is 0.423 bits per heavy atom. The van der Waals surface area contributed by atoms with Crippen LogP contribution in [0.3, 0.4) is 0 Å². The second-order valence-electron chi connectivity index (χ2n) is 17.2. The molecule has 0 saturated carbocycles. The molecule has 0 fully saturated rings. The number of rotatable bonds is 47. The van der Waals surface area contributed by atoms with Gasteiger partial charge in [-0.05, 0) is 12.8 Å². The van der Waals surface area contributed by atoms with Gasteiger partial charge in [-0.3, -0.25) is 4.79 Å². The average Bonchev–Trinajstić information content (AvgIpc) is 3.15. The standard InChI is InChI=1S/C50H100O2/c1-3-5-7-9-11-13-15-17-19-21-23-25-27-29-31-33-35-37-39-41-43-45-47-49-52-50(51)48-46-44-42-40-38-36-34-32-30-28-26-24-22-20-18-16-14-12-10-8-6-4-2/h3-49H2,1-2H3. The molecule has 0 aromatic heterocycles. The summed E-state index contributed by atoms with van der Waals surface area (Å²) in [6, 6.07) is 0. The molecule has 0 spiro atoms. The van der Waals surface area contributed by atoms with Crippen molar-refractivity contribution in [2.75, 3.05) is 6.61 Å². The highest BCUT2D eigenvalue weighted by molar-refractivity contribution is 5.69. The van der Waals surface area contributed by atoms with E-state index in [1.807, 2.05) is 0 Å². The van der Waals surface area contributed by atoms with E-state index in [0.29, 0.717) is 13.0 Å². The average molecular weight is 733 g/mol.